The van der Waals surface area contributed by atoms with Gasteiger partial charge in [-0.2, -0.15) is 4.31 Å². The number of carbonyl (C=O) groups excluding carboxylic acids is 1. The lowest BCUT2D eigenvalue weighted by Crippen LogP contribution is -2.39. The fourth-order valence-corrected chi connectivity index (χ4v) is 5.71. The standard InChI is InChI=1S/C21H26N2O4S2/c1-14-8-9-28-20(14)21(24)22-12-17-10-16(4-7-19(17)27-13-15(22)2)11-23(18-5-6-18)29(3,25)26/h4,7-10,15,18H,5-6,11-13H2,1-3H3. The highest BCUT2D eigenvalue weighted by atomic mass is 32.2. The molecule has 1 unspecified atom stereocenters. The molecule has 2 aliphatic rings. The van der Waals surface area contributed by atoms with E-state index in [0.29, 0.717) is 19.7 Å². The van der Waals surface area contributed by atoms with Gasteiger partial charge in [0.2, 0.25) is 10.0 Å². The number of sulfonamides is 1. The van der Waals surface area contributed by atoms with Crippen molar-refractivity contribution in [1.29, 1.82) is 0 Å². The molecule has 0 saturated heterocycles. The number of nitrogens with zero attached hydrogens (tertiary/aromatic N) is 2. The van der Waals surface area contributed by atoms with Crippen LogP contribution in [0.5, 0.6) is 5.75 Å². The molecule has 0 spiro atoms. The Morgan fingerprint density at radius 3 is 2.69 bits per heavy atom. The molecule has 2 heterocycles. The van der Waals surface area contributed by atoms with Crippen molar-refractivity contribution >= 4 is 27.3 Å². The molecular formula is C21H26N2O4S2. The van der Waals surface area contributed by atoms with Gasteiger partial charge in [-0.3, -0.25) is 4.79 Å². The molecule has 6 nitrogen and oxygen atoms in total. The Morgan fingerprint density at radius 1 is 1.31 bits per heavy atom. The van der Waals surface area contributed by atoms with Gasteiger partial charge < -0.3 is 9.64 Å². The second-order valence-corrected chi connectivity index (χ2v) is 10.9. The summed E-state index contributed by atoms with van der Waals surface area (Å²) in [6.07, 6.45) is 3.10. The van der Waals surface area contributed by atoms with Crippen LogP contribution in [0.4, 0.5) is 0 Å². The van der Waals surface area contributed by atoms with Gasteiger partial charge >= 0.3 is 0 Å². The predicted octanol–water partition coefficient (Wildman–Crippen LogP) is 3.40. The van der Waals surface area contributed by atoms with Crippen molar-refractivity contribution in [1.82, 2.24) is 9.21 Å². The van der Waals surface area contributed by atoms with Crippen LogP contribution >= 0.6 is 11.3 Å². The van der Waals surface area contributed by atoms with Crippen LogP contribution in [-0.2, 0) is 23.1 Å². The molecule has 0 radical (unpaired) electrons. The van der Waals surface area contributed by atoms with Crippen molar-refractivity contribution in [3.05, 3.63) is 51.2 Å². The number of carbonyl (C=O) groups is 1. The number of fused-ring (bicyclic) bond motifs is 1. The van der Waals surface area contributed by atoms with Crippen molar-refractivity contribution in [3.63, 3.8) is 0 Å². The number of benzene rings is 1. The Hall–Kier alpha value is -1.90. The Kier molecular flexibility index (Phi) is 5.44. The van der Waals surface area contributed by atoms with Crippen molar-refractivity contribution in [2.45, 2.75) is 51.9 Å². The second-order valence-electron chi connectivity index (χ2n) is 8.01. The topological polar surface area (TPSA) is 66.9 Å². The zero-order chi connectivity index (χ0) is 20.8. The third kappa shape index (κ3) is 4.34. The zero-order valence-electron chi connectivity index (χ0n) is 16.9. The van der Waals surface area contributed by atoms with Gasteiger partial charge in [0.1, 0.15) is 12.4 Å². The first kappa shape index (κ1) is 20.4. The zero-order valence-corrected chi connectivity index (χ0v) is 18.6. The number of ether oxygens (including phenoxy) is 1. The maximum atomic E-state index is 13.1. The van der Waals surface area contributed by atoms with E-state index in [0.717, 1.165) is 40.2 Å². The van der Waals surface area contributed by atoms with E-state index in [2.05, 4.69) is 0 Å². The highest BCUT2D eigenvalue weighted by Gasteiger charge is 2.35. The van der Waals surface area contributed by atoms with Crippen LogP contribution in [0.3, 0.4) is 0 Å². The number of thiophene rings is 1. The summed E-state index contributed by atoms with van der Waals surface area (Å²) in [6.45, 7) is 5.17. The van der Waals surface area contributed by atoms with Gasteiger partial charge in [0.25, 0.3) is 5.91 Å². The normalized spacial score (nSPS) is 19.6. The van der Waals surface area contributed by atoms with Gasteiger partial charge in [-0.25, -0.2) is 8.42 Å². The molecule has 156 valence electrons. The minimum Gasteiger partial charge on any atom is -0.491 e. The van der Waals surface area contributed by atoms with Crippen molar-refractivity contribution < 1.29 is 17.9 Å². The average molecular weight is 435 g/mol. The smallest absolute Gasteiger partial charge is 0.264 e. The van der Waals surface area contributed by atoms with E-state index in [9.17, 15) is 13.2 Å². The lowest BCUT2D eigenvalue weighted by molar-refractivity contribution is 0.0650. The number of amides is 1. The Bertz CT molecular complexity index is 1030. The van der Waals surface area contributed by atoms with Crippen LogP contribution in [0.2, 0.25) is 0 Å². The number of rotatable bonds is 5. The number of aryl methyl sites for hydroxylation is 1. The quantitative estimate of drug-likeness (QED) is 0.723. The third-order valence-electron chi connectivity index (χ3n) is 5.51. The summed E-state index contributed by atoms with van der Waals surface area (Å²) < 4.78 is 31.8. The fraction of sp³-hybridized carbons (Fsp3) is 0.476. The molecule has 1 aliphatic carbocycles. The molecule has 0 bridgehead atoms. The minimum absolute atomic E-state index is 0.0163. The monoisotopic (exact) mass is 434 g/mol. The average Bonchev–Trinajstić information content (AvgIpc) is 3.43. The van der Waals surface area contributed by atoms with Crippen LogP contribution in [-0.4, -0.2) is 48.5 Å². The molecule has 1 aromatic heterocycles. The number of hydrogen-bond acceptors (Lipinski definition) is 5. The highest BCUT2D eigenvalue weighted by Crippen LogP contribution is 2.33. The highest BCUT2D eigenvalue weighted by molar-refractivity contribution is 7.88. The molecule has 8 heteroatoms. The Balaban J connectivity index is 1.60. The Morgan fingerprint density at radius 2 is 2.07 bits per heavy atom. The van der Waals surface area contributed by atoms with E-state index in [1.54, 1.807) is 4.31 Å². The van der Waals surface area contributed by atoms with E-state index in [1.165, 1.54) is 17.6 Å². The molecule has 29 heavy (non-hydrogen) atoms. The van der Waals surface area contributed by atoms with Gasteiger partial charge in [-0.15, -0.1) is 11.3 Å². The van der Waals surface area contributed by atoms with Crippen molar-refractivity contribution in [3.8, 4) is 5.75 Å². The van der Waals surface area contributed by atoms with Gasteiger partial charge in [0.05, 0.1) is 23.7 Å². The van der Waals surface area contributed by atoms with Crippen molar-refractivity contribution in [2.75, 3.05) is 12.9 Å². The molecule has 4 rings (SSSR count). The van der Waals surface area contributed by atoms with Gasteiger partial charge in [-0.05, 0) is 61.4 Å². The first-order valence-electron chi connectivity index (χ1n) is 9.80. The second kappa shape index (κ2) is 7.74. The van der Waals surface area contributed by atoms with E-state index < -0.39 is 10.0 Å². The predicted molar refractivity (Wildman–Crippen MR) is 114 cm³/mol. The van der Waals surface area contributed by atoms with Crippen LogP contribution in [0.1, 0.15) is 46.1 Å². The molecule has 1 fully saturated rings. The van der Waals surface area contributed by atoms with Gasteiger partial charge in [-0.1, -0.05) is 6.07 Å². The lowest BCUT2D eigenvalue weighted by atomic mass is 10.1. The van der Waals surface area contributed by atoms with Crippen molar-refractivity contribution in [2.24, 2.45) is 0 Å². The summed E-state index contributed by atoms with van der Waals surface area (Å²) in [6, 6.07) is 7.81. The maximum Gasteiger partial charge on any atom is 0.264 e. The molecule has 1 aliphatic heterocycles. The largest absolute Gasteiger partial charge is 0.491 e. The first-order chi connectivity index (χ1) is 13.7. The molecule has 1 atom stereocenters. The Labute approximate surface area is 176 Å². The summed E-state index contributed by atoms with van der Waals surface area (Å²) in [4.78, 5) is 15.7. The van der Waals surface area contributed by atoms with Crippen LogP contribution < -0.4 is 4.74 Å². The molecule has 0 N–H and O–H groups in total. The van der Waals surface area contributed by atoms with E-state index in [1.807, 2.05) is 48.4 Å². The van der Waals surface area contributed by atoms with Gasteiger partial charge in [0, 0.05) is 18.2 Å². The van der Waals surface area contributed by atoms with Crippen LogP contribution in [0.25, 0.3) is 0 Å². The molecule has 1 aromatic carbocycles. The third-order valence-corrected chi connectivity index (χ3v) is 7.80. The number of hydrogen-bond donors (Lipinski definition) is 0. The van der Waals surface area contributed by atoms with Gasteiger partial charge in [0.15, 0.2) is 0 Å². The lowest BCUT2D eigenvalue weighted by Gasteiger charge is -2.26. The SMILES string of the molecule is Cc1ccsc1C(=O)N1Cc2cc(CN(C3CC3)S(C)(=O)=O)ccc2OCC1C. The summed E-state index contributed by atoms with van der Waals surface area (Å²) in [5, 5.41) is 1.94. The fourth-order valence-electron chi connectivity index (χ4n) is 3.69. The summed E-state index contributed by atoms with van der Waals surface area (Å²) >= 11 is 1.46. The summed E-state index contributed by atoms with van der Waals surface area (Å²) in [7, 11) is -3.26. The van der Waals surface area contributed by atoms with Crippen LogP contribution in [0.15, 0.2) is 29.6 Å². The van der Waals surface area contributed by atoms with E-state index in [4.69, 9.17) is 4.74 Å². The molecular weight excluding hydrogens is 408 g/mol. The van der Waals surface area contributed by atoms with E-state index >= 15 is 0 Å². The van der Waals surface area contributed by atoms with E-state index in [-0.39, 0.29) is 18.0 Å². The first-order valence-corrected chi connectivity index (χ1v) is 12.5. The van der Waals surface area contributed by atoms with Crippen LogP contribution in [0, 0.1) is 6.92 Å². The minimum atomic E-state index is -3.26. The summed E-state index contributed by atoms with van der Waals surface area (Å²) in [5.74, 6) is 0.777. The molecule has 1 saturated carbocycles. The maximum absolute atomic E-state index is 13.1. The molecule has 2 aromatic rings. The molecule has 1 amide bonds. The summed E-state index contributed by atoms with van der Waals surface area (Å²) in [5.41, 5.74) is 2.82.